The van der Waals surface area contributed by atoms with Crippen LogP contribution in [0.5, 0.6) is 5.75 Å². The molecular formula is C24H16Br2ClN3O4S. The van der Waals surface area contributed by atoms with Gasteiger partial charge in [-0.05, 0) is 83.1 Å². The van der Waals surface area contributed by atoms with Crippen LogP contribution in [0.4, 0.5) is 11.4 Å². The van der Waals surface area contributed by atoms with Crippen LogP contribution in [0.15, 0.2) is 63.5 Å². The van der Waals surface area contributed by atoms with E-state index in [2.05, 4.69) is 42.5 Å². The number of hydrogen-bond acceptors (Lipinski definition) is 5. The van der Waals surface area contributed by atoms with E-state index in [1.807, 2.05) is 19.1 Å². The average molecular weight is 638 g/mol. The van der Waals surface area contributed by atoms with E-state index < -0.39 is 17.7 Å². The zero-order valence-electron chi connectivity index (χ0n) is 18.0. The first kappa shape index (κ1) is 25.3. The van der Waals surface area contributed by atoms with Gasteiger partial charge in [0.25, 0.3) is 17.7 Å². The number of fused-ring (bicyclic) bond motifs is 1. The molecule has 3 aromatic rings. The number of imide groups is 1. The number of aryl methyl sites for hydroxylation is 1. The second-order valence-corrected chi connectivity index (χ2v) is 10.1. The lowest BCUT2D eigenvalue weighted by Gasteiger charge is -2.17. The van der Waals surface area contributed by atoms with Crippen molar-refractivity contribution in [2.75, 3.05) is 16.8 Å². The van der Waals surface area contributed by atoms with Crippen molar-refractivity contribution < 1.29 is 19.1 Å². The fourth-order valence-electron chi connectivity index (χ4n) is 3.49. The van der Waals surface area contributed by atoms with Crippen molar-refractivity contribution in [3.8, 4) is 5.75 Å². The van der Waals surface area contributed by atoms with Gasteiger partial charge >= 0.3 is 0 Å². The van der Waals surface area contributed by atoms with Crippen LogP contribution >= 0.6 is 55.7 Å². The number of nitrogens with one attached hydrogen (secondary N) is 2. The molecule has 3 amide bonds. The standard InChI is InChI=1S/C24H16Br2ClN3O4S/c1-12-8-13(25)9-17(26)21(12)34-11-20(31)29-24(35)28-19-7-6-14(10-18(19)27)30-22(32)15-4-2-3-5-16(15)23(30)33/h2-10H,11H2,1H3,(H2,28,29,31,35). The van der Waals surface area contributed by atoms with Crippen LogP contribution in [0.25, 0.3) is 0 Å². The van der Waals surface area contributed by atoms with E-state index >= 15 is 0 Å². The summed E-state index contributed by atoms with van der Waals surface area (Å²) in [5, 5.41) is 5.59. The van der Waals surface area contributed by atoms with Gasteiger partial charge < -0.3 is 10.1 Å². The van der Waals surface area contributed by atoms with E-state index in [9.17, 15) is 14.4 Å². The topological polar surface area (TPSA) is 87.7 Å². The summed E-state index contributed by atoms with van der Waals surface area (Å²) in [6.45, 7) is 1.61. The smallest absolute Gasteiger partial charge is 0.266 e. The minimum atomic E-state index is -0.463. The number of anilines is 2. The maximum atomic E-state index is 12.7. The van der Waals surface area contributed by atoms with Gasteiger partial charge in [0.1, 0.15) is 5.75 Å². The molecule has 0 radical (unpaired) electrons. The van der Waals surface area contributed by atoms with E-state index in [-0.39, 0.29) is 16.7 Å². The van der Waals surface area contributed by atoms with Crippen molar-refractivity contribution in [3.63, 3.8) is 0 Å². The lowest BCUT2D eigenvalue weighted by Crippen LogP contribution is -2.37. The molecule has 0 aromatic heterocycles. The number of amides is 3. The fraction of sp³-hybridized carbons (Fsp3) is 0.0833. The Kier molecular flexibility index (Phi) is 7.56. The average Bonchev–Trinajstić information content (AvgIpc) is 3.04. The molecule has 4 rings (SSSR count). The highest BCUT2D eigenvalue weighted by Crippen LogP contribution is 2.33. The monoisotopic (exact) mass is 635 g/mol. The minimum absolute atomic E-state index is 0.0144. The molecule has 0 saturated carbocycles. The number of nitrogens with zero attached hydrogens (tertiary/aromatic N) is 1. The summed E-state index contributed by atoms with van der Waals surface area (Å²) >= 11 is 18.4. The fourth-order valence-corrected chi connectivity index (χ4v) is 5.49. The van der Waals surface area contributed by atoms with Crippen molar-refractivity contribution in [1.82, 2.24) is 5.32 Å². The molecule has 0 fully saturated rings. The molecular weight excluding hydrogens is 622 g/mol. The van der Waals surface area contributed by atoms with Crippen LogP contribution in [0.1, 0.15) is 26.3 Å². The normalized spacial score (nSPS) is 12.4. The van der Waals surface area contributed by atoms with E-state index in [1.165, 1.54) is 6.07 Å². The number of carbonyl (C=O) groups is 3. The summed E-state index contributed by atoms with van der Waals surface area (Å²) in [6, 6.07) is 14.9. The van der Waals surface area contributed by atoms with Gasteiger partial charge in [-0.3, -0.25) is 19.7 Å². The summed E-state index contributed by atoms with van der Waals surface area (Å²) in [4.78, 5) is 38.7. The Bertz CT molecular complexity index is 1340. The number of thiocarbonyl (C=S) groups is 1. The predicted molar refractivity (Wildman–Crippen MR) is 145 cm³/mol. The summed E-state index contributed by atoms with van der Waals surface area (Å²) in [7, 11) is 0. The molecule has 1 aliphatic rings. The number of hydrogen-bond donors (Lipinski definition) is 2. The molecule has 35 heavy (non-hydrogen) atoms. The van der Waals surface area contributed by atoms with Crippen molar-refractivity contribution in [2.45, 2.75) is 6.92 Å². The second kappa shape index (κ2) is 10.4. The molecule has 0 atom stereocenters. The summed E-state index contributed by atoms with van der Waals surface area (Å²) in [6.07, 6.45) is 0. The molecule has 0 saturated heterocycles. The maximum absolute atomic E-state index is 12.7. The molecule has 0 aliphatic carbocycles. The van der Waals surface area contributed by atoms with E-state index in [1.54, 1.807) is 36.4 Å². The molecule has 1 heterocycles. The SMILES string of the molecule is Cc1cc(Br)cc(Br)c1OCC(=O)NC(=S)Nc1ccc(N2C(=O)c3ccccc3C2=O)cc1Cl. The van der Waals surface area contributed by atoms with Gasteiger partial charge in [0.2, 0.25) is 0 Å². The Labute approximate surface area is 228 Å². The lowest BCUT2D eigenvalue weighted by molar-refractivity contribution is -0.121. The zero-order chi connectivity index (χ0) is 25.3. The van der Waals surface area contributed by atoms with Gasteiger partial charge in [0.15, 0.2) is 11.7 Å². The summed E-state index contributed by atoms with van der Waals surface area (Å²) in [5.41, 5.74) is 2.25. The number of ether oxygens (including phenoxy) is 1. The highest BCUT2D eigenvalue weighted by molar-refractivity contribution is 9.11. The van der Waals surface area contributed by atoms with Gasteiger partial charge in [-0.2, -0.15) is 0 Å². The molecule has 7 nitrogen and oxygen atoms in total. The molecule has 0 spiro atoms. The third-order valence-electron chi connectivity index (χ3n) is 5.05. The molecule has 11 heteroatoms. The Morgan fingerprint density at radius 2 is 1.71 bits per heavy atom. The van der Waals surface area contributed by atoms with Gasteiger partial charge in [0.05, 0.1) is 32.0 Å². The zero-order valence-corrected chi connectivity index (χ0v) is 22.8. The molecule has 0 unspecified atom stereocenters. The van der Waals surface area contributed by atoms with Crippen molar-refractivity contribution in [2.24, 2.45) is 0 Å². The van der Waals surface area contributed by atoms with Gasteiger partial charge in [-0.15, -0.1) is 0 Å². The highest BCUT2D eigenvalue weighted by Gasteiger charge is 2.36. The minimum Gasteiger partial charge on any atom is -0.482 e. The van der Waals surface area contributed by atoms with Crippen molar-refractivity contribution in [1.29, 1.82) is 0 Å². The third-order valence-corrected chi connectivity index (χ3v) is 6.61. The van der Waals surface area contributed by atoms with Crippen molar-refractivity contribution >= 4 is 89.9 Å². The van der Waals surface area contributed by atoms with Crippen LogP contribution in [-0.2, 0) is 4.79 Å². The first-order valence-corrected chi connectivity index (χ1v) is 12.5. The largest absolute Gasteiger partial charge is 0.482 e. The molecule has 1 aliphatic heterocycles. The number of carbonyl (C=O) groups excluding carboxylic acids is 3. The molecule has 3 aromatic carbocycles. The summed E-state index contributed by atoms with van der Waals surface area (Å²) in [5.74, 6) is -0.750. The van der Waals surface area contributed by atoms with Gasteiger partial charge in [-0.1, -0.05) is 39.7 Å². The molecule has 2 N–H and O–H groups in total. The lowest BCUT2D eigenvalue weighted by atomic mass is 10.1. The Morgan fingerprint density at radius 1 is 1.06 bits per heavy atom. The van der Waals surface area contributed by atoms with Gasteiger partial charge in [-0.25, -0.2) is 4.90 Å². The highest BCUT2D eigenvalue weighted by atomic mass is 79.9. The van der Waals surface area contributed by atoms with Crippen LogP contribution < -0.4 is 20.3 Å². The van der Waals surface area contributed by atoms with E-state index in [0.29, 0.717) is 32.7 Å². The van der Waals surface area contributed by atoms with Crippen LogP contribution in [0, 0.1) is 6.92 Å². The maximum Gasteiger partial charge on any atom is 0.266 e. The summed E-state index contributed by atoms with van der Waals surface area (Å²) < 4.78 is 7.21. The number of halogens is 3. The Balaban J connectivity index is 1.38. The van der Waals surface area contributed by atoms with Gasteiger partial charge in [0, 0.05) is 4.47 Å². The van der Waals surface area contributed by atoms with Crippen LogP contribution in [0.3, 0.4) is 0 Å². The van der Waals surface area contributed by atoms with Crippen LogP contribution in [-0.4, -0.2) is 29.4 Å². The third kappa shape index (κ3) is 5.40. The van der Waals surface area contributed by atoms with Crippen LogP contribution in [0.2, 0.25) is 5.02 Å². The second-order valence-electron chi connectivity index (χ2n) is 7.48. The molecule has 0 bridgehead atoms. The number of rotatable bonds is 5. The first-order chi connectivity index (χ1) is 16.7. The quantitative estimate of drug-likeness (QED) is 0.269. The van der Waals surface area contributed by atoms with E-state index in [0.717, 1.165) is 14.9 Å². The molecule has 178 valence electrons. The predicted octanol–water partition coefficient (Wildman–Crippen LogP) is 5.87. The van der Waals surface area contributed by atoms with E-state index in [4.69, 9.17) is 28.6 Å². The number of benzene rings is 3. The Morgan fingerprint density at radius 3 is 2.31 bits per heavy atom. The Hall–Kier alpha value is -2.79. The van der Waals surface area contributed by atoms with Crippen molar-refractivity contribution in [3.05, 3.63) is 85.3 Å². The first-order valence-electron chi connectivity index (χ1n) is 10.1.